The van der Waals surface area contributed by atoms with E-state index in [2.05, 4.69) is 8.86 Å². The number of rotatable bonds is 2. The second-order valence-electron chi connectivity index (χ2n) is 2.30. The molecule has 0 fully saturated rings. The monoisotopic (exact) mass is 164 g/mol. The van der Waals surface area contributed by atoms with Gasteiger partial charge in [0.15, 0.2) is 5.78 Å². The zero-order valence-corrected chi connectivity index (χ0v) is 7.29. The maximum Gasteiger partial charge on any atom is 0.164 e. The molecular formula is C9H9OP. The number of carbonyl (C=O) groups is 1. The van der Waals surface area contributed by atoms with Crippen molar-refractivity contribution in [2.75, 3.05) is 0 Å². The Labute approximate surface area is 68.3 Å². The predicted octanol–water partition coefficient (Wildman–Crippen LogP) is 1.94. The molecule has 11 heavy (non-hydrogen) atoms. The lowest BCUT2D eigenvalue weighted by Crippen LogP contribution is -2.06. The van der Waals surface area contributed by atoms with Gasteiger partial charge >= 0.3 is 0 Å². The summed E-state index contributed by atoms with van der Waals surface area (Å²) in [4.78, 5) is 10.9. The van der Waals surface area contributed by atoms with E-state index in [9.17, 15) is 4.79 Å². The molecule has 0 aliphatic heterocycles. The molecule has 2 heteroatoms. The topological polar surface area (TPSA) is 17.1 Å². The molecule has 56 valence electrons. The van der Waals surface area contributed by atoms with Gasteiger partial charge in [-0.3, -0.25) is 4.79 Å². The lowest BCUT2D eigenvalue weighted by molar-refractivity contribution is -0.110. The molecule has 0 aliphatic rings. The Kier molecular flexibility index (Phi) is 2.56. The van der Waals surface area contributed by atoms with E-state index in [1.807, 2.05) is 30.3 Å². The number of hydrogen-bond acceptors (Lipinski definition) is 1. The summed E-state index contributed by atoms with van der Waals surface area (Å²) in [7, 11) is 3.27. The van der Waals surface area contributed by atoms with Crippen molar-refractivity contribution in [3.8, 4) is 0 Å². The molecule has 1 aromatic rings. The van der Waals surface area contributed by atoms with E-state index >= 15 is 0 Å². The van der Waals surface area contributed by atoms with E-state index in [1.54, 1.807) is 0 Å². The smallest absolute Gasteiger partial charge is 0.164 e. The minimum atomic E-state index is 0.0490. The van der Waals surface area contributed by atoms with Gasteiger partial charge in [0.05, 0.1) is 0 Å². The molecule has 0 unspecified atom stereocenters. The van der Waals surface area contributed by atoms with Crippen molar-refractivity contribution in [1.29, 1.82) is 0 Å². The molecule has 0 radical (unpaired) electrons. The number of ketones is 1. The Morgan fingerprint density at radius 2 is 1.82 bits per heavy atom. The summed E-state index contributed by atoms with van der Waals surface area (Å²) in [5, 5.41) is 0.630. The van der Waals surface area contributed by atoms with E-state index in [1.165, 1.54) is 6.92 Å². The van der Waals surface area contributed by atoms with Crippen LogP contribution in [0.15, 0.2) is 30.3 Å². The van der Waals surface area contributed by atoms with Gasteiger partial charge in [0.1, 0.15) is 0 Å². The van der Waals surface area contributed by atoms with Crippen LogP contribution in [0.2, 0.25) is 0 Å². The molecule has 0 amide bonds. The SMILES string of the molecule is CC(=O)C(=P)c1ccccc1. The average Bonchev–Trinajstić information content (AvgIpc) is 2.05. The van der Waals surface area contributed by atoms with Crippen LogP contribution in [0.5, 0.6) is 0 Å². The Bertz CT molecular complexity index is 277. The zero-order valence-electron chi connectivity index (χ0n) is 6.29. The molecule has 0 saturated carbocycles. The Morgan fingerprint density at radius 1 is 1.27 bits per heavy atom. The van der Waals surface area contributed by atoms with Crippen LogP contribution >= 0.6 is 8.86 Å². The summed E-state index contributed by atoms with van der Waals surface area (Å²) < 4.78 is 0. The minimum absolute atomic E-state index is 0.0490. The van der Waals surface area contributed by atoms with Gasteiger partial charge in [-0.05, 0) is 12.5 Å². The normalized spacial score (nSPS) is 9.18. The van der Waals surface area contributed by atoms with Crippen LogP contribution < -0.4 is 0 Å². The van der Waals surface area contributed by atoms with Crippen molar-refractivity contribution in [1.82, 2.24) is 0 Å². The summed E-state index contributed by atoms with van der Waals surface area (Å²) in [6, 6.07) is 9.51. The van der Waals surface area contributed by atoms with Gasteiger partial charge in [-0.1, -0.05) is 30.3 Å². The Morgan fingerprint density at radius 3 is 2.27 bits per heavy atom. The van der Waals surface area contributed by atoms with Crippen LogP contribution in [0.4, 0.5) is 0 Å². The zero-order chi connectivity index (χ0) is 8.27. The van der Waals surface area contributed by atoms with Gasteiger partial charge in [-0.2, -0.15) is 0 Å². The van der Waals surface area contributed by atoms with Crippen LogP contribution in [-0.2, 0) is 4.79 Å². The molecule has 1 aromatic carbocycles. The summed E-state index contributed by atoms with van der Waals surface area (Å²) in [5.41, 5.74) is 0.927. The highest BCUT2D eigenvalue weighted by atomic mass is 31.0. The molecule has 0 bridgehead atoms. The Hall–Kier alpha value is -0.940. The number of benzene rings is 1. The number of Topliss-reactive ketones (excluding diaryl/α,β-unsaturated/α-hetero) is 1. The third-order valence-corrected chi connectivity index (χ3v) is 2.06. The van der Waals surface area contributed by atoms with E-state index in [0.717, 1.165) is 5.56 Å². The Balaban J connectivity index is 2.95. The van der Waals surface area contributed by atoms with Crippen LogP contribution in [-0.4, -0.2) is 11.1 Å². The molecule has 1 nitrogen and oxygen atoms in total. The second-order valence-corrected chi connectivity index (χ2v) is 2.80. The molecular weight excluding hydrogens is 155 g/mol. The highest BCUT2D eigenvalue weighted by molar-refractivity contribution is 7.26. The molecule has 1 rings (SSSR count). The first-order chi connectivity index (χ1) is 5.22. The third-order valence-electron chi connectivity index (χ3n) is 1.41. The van der Waals surface area contributed by atoms with Crippen molar-refractivity contribution in [3.63, 3.8) is 0 Å². The van der Waals surface area contributed by atoms with Gasteiger partial charge < -0.3 is 0 Å². The maximum absolute atomic E-state index is 10.9. The largest absolute Gasteiger partial charge is 0.294 e. The van der Waals surface area contributed by atoms with Gasteiger partial charge in [0.2, 0.25) is 0 Å². The average molecular weight is 164 g/mol. The van der Waals surface area contributed by atoms with Crippen molar-refractivity contribution < 1.29 is 4.79 Å². The number of carbonyl (C=O) groups excluding carboxylic acids is 1. The lowest BCUT2D eigenvalue weighted by Gasteiger charge is -1.97. The van der Waals surface area contributed by atoms with Crippen molar-refractivity contribution in [3.05, 3.63) is 35.9 Å². The second kappa shape index (κ2) is 3.45. The molecule has 0 saturated heterocycles. The highest BCUT2D eigenvalue weighted by Gasteiger charge is 2.01. The molecule has 0 aromatic heterocycles. The van der Waals surface area contributed by atoms with E-state index < -0.39 is 0 Å². The van der Waals surface area contributed by atoms with Crippen molar-refractivity contribution in [2.45, 2.75) is 6.92 Å². The van der Waals surface area contributed by atoms with Crippen LogP contribution in [0, 0.1) is 0 Å². The van der Waals surface area contributed by atoms with E-state index in [4.69, 9.17) is 0 Å². The molecule has 0 aliphatic carbocycles. The fourth-order valence-corrected chi connectivity index (χ4v) is 0.975. The summed E-state index contributed by atoms with van der Waals surface area (Å²) in [5.74, 6) is 0.0490. The van der Waals surface area contributed by atoms with Gasteiger partial charge in [0.25, 0.3) is 0 Å². The first-order valence-corrected chi connectivity index (χ1v) is 3.86. The van der Waals surface area contributed by atoms with Crippen LogP contribution in [0.1, 0.15) is 12.5 Å². The quantitative estimate of drug-likeness (QED) is 0.610. The summed E-state index contributed by atoms with van der Waals surface area (Å²) >= 11 is 0. The summed E-state index contributed by atoms with van der Waals surface area (Å²) in [6.07, 6.45) is 0. The minimum Gasteiger partial charge on any atom is -0.294 e. The molecule has 0 atom stereocenters. The number of hydrogen-bond donors (Lipinski definition) is 0. The van der Waals surface area contributed by atoms with E-state index in [-0.39, 0.29) is 5.78 Å². The van der Waals surface area contributed by atoms with Crippen molar-refractivity contribution in [2.24, 2.45) is 0 Å². The first kappa shape index (κ1) is 8.16. The first-order valence-electron chi connectivity index (χ1n) is 3.36. The van der Waals surface area contributed by atoms with E-state index in [0.29, 0.717) is 5.29 Å². The van der Waals surface area contributed by atoms with Gasteiger partial charge in [-0.15, -0.1) is 8.86 Å². The fourth-order valence-electron chi connectivity index (χ4n) is 0.808. The molecule has 0 spiro atoms. The maximum atomic E-state index is 10.9. The van der Waals surface area contributed by atoms with Gasteiger partial charge in [0, 0.05) is 5.29 Å². The van der Waals surface area contributed by atoms with Crippen LogP contribution in [0.3, 0.4) is 0 Å². The fraction of sp³-hybridized carbons (Fsp3) is 0.111. The highest BCUT2D eigenvalue weighted by Crippen LogP contribution is 2.02. The molecule has 0 N–H and O–H groups in total. The third kappa shape index (κ3) is 1.99. The molecule has 0 heterocycles. The standard InChI is InChI=1S/C9H9OP/c1-7(10)9(11)8-5-3-2-4-6-8/h2-6,11H,1H3. The van der Waals surface area contributed by atoms with Crippen molar-refractivity contribution >= 4 is 19.9 Å². The lowest BCUT2D eigenvalue weighted by atomic mass is 10.1. The van der Waals surface area contributed by atoms with Gasteiger partial charge in [-0.25, -0.2) is 0 Å². The van der Waals surface area contributed by atoms with Crippen LogP contribution in [0.25, 0.3) is 0 Å². The summed E-state index contributed by atoms with van der Waals surface area (Å²) in [6.45, 7) is 1.54. The predicted molar refractivity (Wildman–Crippen MR) is 49.5 cm³/mol.